The van der Waals surface area contributed by atoms with Crippen molar-refractivity contribution in [1.29, 1.82) is 0 Å². The van der Waals surface area contributed by atoms with Crippen molar-refractivity contribution in [2.75, 3.05) is 13.7 Å². The first-order valence-corrected chi connectivity index (χ1v) is 9.82. The van der Waals surface area contributed by atoms with Gasteiger partial charge in [-0.15, -0.1) is 6.58 Å². The first-order chi connectivity index (χ1) is 14.8. The summed E-state index contributed by atoms with van der Waals surface area (Å²) < 4.78 is 11.8. The molecule has 31 heavy (non-hydrogen) atoms. The number of halogens is 1. The highest BCUT2D eigenvalue weighted by Crippen LogP contribution is 2.35. The van der Waals surface area contributed by atoms with Crippen LogP contribution in [0.3, 0.4) is 0 Å². The van der Waals surface area contributed by atoms with E-state index in [1.807, 2.05) is 0 Å². The number of hydrogen-bond donors (Lipinski definition) is 1. The molecule has 1 heterocycles. The minimum atomic E-state index is -0.517. The maximum atomic E-state index is 12.4. The van der Waals surface area contributed by atoms with E-state index in [9.17, 15) is 19.7 Å². The lowest BCUT2D eigenvalue weighted by Gasteiger charge is -2.13. The second-order valence-corrected chi connectivity index (χ2v) is 7.29. The zero-order valence-electron chi connectivity index (χ0n) is 16.5. The van der Waals surface area contributed by atoms with Crippen molar-refractivity contribution in [3.8, 4) is 11.5 Å². The van der Waals surface area contributed by atoms with Gasteiger partial charge in [-0.25, -0.2) is 4.79 Å². The molecular weight excluding hydrogens is 470 g/mol. The number of nitrogens with one attached hydrogen (secondary N) is 1. The zero-order chi connectivity index (χ0) is 22.5. The number of nitro benzene ring substituents is 1. The third kappa shape index (κ3) is 4.92. The molecule has 1 N–H and O–H groups in total. The molecule has 3 rings (SSSR count). The molecule has 1 fully saturated rings. The number of urea groups is 1. The smallest absolute Gasteiger partial charge is 0.329 e. The van der Waals surface area contributed by atoms with Gasteiger partial charge in [-0.2, -0.15) is 0 Å². The van der Waals surface area contributed by atoms with E-state index in [0.717, 1.165) is 4.90 Å². The van der Waals surface area contributed by atoms with Crippen LogP contribution in [0.2, 0.25) is 0 Å². The normalized spacial score (nSPS) is 14.5. The summed E-state index contributed by atoms with van der Waals surface area (Å²) in [6, 6.07) is 8.93. The van der Waals surface area contributed by atoms with Gasteiger partial charge >= 0.3 is 6.03 Å². The molecule has 1 aliphatic rings. The average molecular weight is 488 g/mol. The monoisotopic (exact) mass is 487 g/mol. The van der Waals surface area contributed by atoms with Crippen LogP contribution >= 0.6 is 15.9 Å². The predicted molar refractivity (Wildman–Crippen MR) is 117 cm³/mol. The van der Waals surface area contributed by atoms with Gasteiger partial charge in [-0.3, -0.25) is 19.8 Å². The van der Waals surface area contributed by atoms with Gasteiger partial charge in [0.25, 0.3) is 11.6 Å². The number of ether oxygens (including phenoxy) is 2. The Kier molecular flexibility index (Phi) is 6.71. The van der Waals surface area contributed by atoms with Gasteiger partial charge in [0.15, 0.2) is 11.5 Å². The number of carbonyl (C=O) groups is 2. The number of imide groups is 1. The Labute approximate surface area is 186 Å². The Morgan fingerprint density at radius 1 is 1.26 bits per heavy atom. The number of hydrogen-bond acceptors (Lipinski definition) is 6. The van der Waals surface area contributed by atoms with Crippen molar-refractivity contribution in [1.82, 2.24) is 10.2 Å². The van der Waals surface area contributed by atoms with Gasteiger partial charge in [-0.05, 0) is 29.3 Å². The lowest BCUT2D eigenvalue weighted by Crippen LogP contribution is -2.30. The fraction of sp³-hybridized carbons (Fsp3) is 0.143. The molecular formula is C21H18BrN3O6. The summed E-state index contributed by atoms with van der Waals surface area (Å²) in [6.45, 7) is 3.74. The van der Waals surface area contributed by atoms with Crippen LogP contribution in [0.4, 0.5) is 10.5 Å². The van der Waals surface area contributed by atoms with E-state index in [1.54, 1.807) is 24.3 Å². The van der Waals surface area contributed by atoms with Gasteiger partial charge in [0.1, 0.15) is 12.3 Å². The van der Waals surface area contributed by atoms with Crippen LogP contribution in [-0.2, 0) is 11.4 Å². The molecule has 0 bridgehead atoms. The summed E-state index contributed by atoms with van der Waals surface area (Å²) in [4.78, 5) is 35.8. The molecule has 0 aliphatic carbocycles. The van der Waals surface area contributed by atoms with E-state index in [2.05, 4.69) is 27.8 Å². The quantitative estimate of drug-likeness (QED) is 0.198. The largest absolute Gasteiger partial charge is 0.493 e. The summed E-state index contributed by atoms with van der Waals surface area (Å²) in [5.41, 5.74) is 1.31. The molecule has 0 atom stereocenters. The number of nitrogens with zero attached hydrogens (tertiary/aromatic N) is 2. The van der Waals surface area contributed by atoms with Crippen LogP contribution in [0.25, 0.3) is 6.08 Å². The van der Waals surface area contributed by atoms with Crippen molar-refractivity contribution in [2.45, 2.75) is 6.61 Å². The number of benzene rings is 2. The molecule has 0 saturated carbocycles. The van der Waals surface area contributed by atoms with E-state index in [0.29, 0.717) is 27.1 Å². The molecule has 3 amide bonds. The molecule has 0 radical (unpaired) electrons. The molecule has 160 valence electrons. The Bertz CT molecular complexity index is 1100. The van der Waals surface area contributed by atoms with E-state index < -0.39 is 16.9 Å². The second-order valence-electron chi connectivity index (χ2n) is 6.43. The molecule has 10 heteroatoms. The minimum Gasteiger partial charge on any atom is -0.493 e. The minimum absolute atomic E-state index is 0.0232. The fourth-order valence-corrected chi connectivity index (χ4v) is 3.31. The first-order valence-electron chi connectivity index (χ1n) is 9.03. The summed E-state index contributed by atoms with van der Waals surface area (Å²) in [6.07, 6.45) is 2.99. The lowest BCUT2D eigenvalue weighted by atomic mass is 10.1. The van der Waals surface area contributed by atoms with E-state index in [1.165, 1.54) is 31.4 Å². The summed E-state index contributed by atoms with van der Waals surface area (Å²) in [7, 11) is 1.47. The van der Waals surface area contributed by atoms with Crippen molar-refractivity contribution in [3.63, 3.8) is 0 Å². The number of rotatable bonds is 8. The third-order valence-corrected chi connectivity index (χ3v) is 5.06. The molecule has 1 aliphatic heterocycles. The topological polar surface area (TPSA) is 111 Å². The van der Waals surface area contributed by atoms with Gasteiger partial charge in [-0.1, -0.05) is 34.1 Å². The van der Waals surface area contributed by atoms with Gasteiger partial charge in [0.05, 0.1) is 12.0 Å². The Morgan fingerprint density at radius 3 is 2.71 bits per heavy atom. The third-order valence-electron chi connectivity index (χ3n) is 4.37. The maximum absolute atomic E-state index is 12.4. The van der Waals surface area contributed by atoms with Crippen LogP contribution in [0.15, 0.2) is 59.2 Å². The highest BCUT2D eigenvalue weighted by atomic mass is 79.9. The molecule has 0 aromatic heterocycles. The highest BCUT2D eigenvalue weighted by Gasteiger charge is 2.32. The average Bonchev–Trinajstić information content (AvgIpc) is 3.01. The van der Waals surface area contributed by atoms with E-state index in [4.69, 9.17) is 9.47 Å². The SMILES string of the molecule is C=CCN1C(=O)N/C(=C/c2cc(OC)c(OCc3cccc([N+](=O)[O-])c3)cc2Br)C1=O. The van der Waals surface area contributed by atoms with Crippen molar-refractivity contribution in [2.24, 2.45) is 0 Å². The number of nitro groups is 1. The number of methoxy groups -OCH3 is 1. The molecule has 0 unspecified atom stereocenters. The van der Waals surface area contributed by atoms with Crippen LogP contribution in [-0.4, -0.2) is 35.4 Å². The van der Waals surface area contributed by atoms with E-state index >= 15 is 0 Å². The second kappa shape index (κ2) is 9.43. The van der Waals surface area contributed by atoms with Crippen LogP contribution in [0.1, 0.15) is 11.1 Å². The molecule has 0 spiro atoms. The van der Waals surface area contributed by atoms with Crippen LogP contribution in [0, 0.1) is 10.1 Å². The summed E-state index contributed by atoms with van der Waals surface area (Å²) >= 11 is 3.43. The standard InChI is InChI=1S/C21H18BrN3O6/c1-3-7-24-20(26)17(23-21(24)27)9-14-10-18(30-2)19(11-16(14)22)31-12-13-5-4-6-15(8-13)25(28)29/h3-6,8-11H,1,7,12H2,2H3,(H,23,27)/b17-9+. The Hall–Kier alpha value is -3.66. The highest BCUT2D eigenvalue weighted by molar-refractivity contribution is 9.10. The van der Waals surface area contributed by atoms with Crippen molar-refractivity contribution in [3.05, 3.63) is 80.5 Å². The lowest BCUT2D eigenvalue weighted by molar-refractivity contribution is -0.384. The van der Waals surface area contributed by atoms with Crippen molar-refractivity contribution >= 4 is 39.6 Å². The Balaban J connectivity index is 1.83. The van der Waals surface area contributed by atoms with Crippen molar-refractivity contribution < 1.29 is 24.0 Å². The van der Waals surface area contributed by atoms with Gasteiger partial charge in [0.2, 0.25) is 0 Å². The molecule has 9 nitrogen and oxygen atoms in total. The Morgan fingerprint density at radius 2 is 2.03 bits per heavy atom. The summed E-state index contributed by atoms with van der Waals surface area (Å²) in [5, 5.41) is 13.5. The number of amides is 3. The zero-order valence-corrected chi connectivity index (χ0v) is 18.0. The molecule has 1 saturated heterocycles. The fourth-order valence-electron chi connectivity index (χ4n) is 2.88. The van der Waals surface area contributed by atoms with Gasteiger partial charge < -0.3 is 14.8 Å². The van der Waals surface area contributed by atoms with Crippen LogP contribution in [0.5, 0.6) is 11.5 Å². The van der Waals surface area contributed by atoms with Gasteiger partial charge in [0, 0.05) is 23.2 Å². The number of non-ortho nitro benzene ring substituents is 1. The van der Waals surface area contributed by atoms with Crippen LogP contribution < -0.4 is 14.8 Å². The molecule has 2 aromatic carbocycles. The molecule has 2 aromatic rings. The number of carbonyl (C=O) groups excluding carboxylic acids is 2. The predicted octanol–water partition coefficient (Wildman–Crippen LogP) is 4.02. The maximum Gasteiger partial charge on any atom is 0.329 e. The van der Waals surface area contributed by atoms with E-state index in [-0.39, 0.29) is 24.5 Å². The first kappa shape index (κ1) is 22.0. The summed E-state index contributed by atoms with van der Waals surface area (Å²) in [5.74, 6) is 0.333.